The number of hydrogen-bond donors (Lipinski definition) is 2. The van der Waals surface area contributed by atoms with Gasteiger partial charge in [0.1, 0.15) is 0 Å². The van der Waals surface area contributed by atoms with Gasteiger partial charge in [-0.3, -0.25) is 0 Å². The molecule has 276 valence electrons. The molecule has 9 atom stereocenters. The van der Waals surface area contributed by atoms with E-state index in [-0.39, 0.29) is 34.5 Å². The van der Waals surface area contributed by atoms with Gasteiger partial charge in [-0.2, -0.15) is 0 Å². The standard InChI is InChI=1S/C44H64F2N2O2/c1-29(2)32-14-19-43(28-47-24-27-48-25-22-44(45,46)23-26-48)21-20-41(6)34(37(32)43)12-13-36-40(5)17-15-33(30-8-10-31(11-9-30)38(49)50)39(3,4)35(40)16-18-42(36,41)7/h8-11,15,32,34-37,47H,1,12-14,16-28H2,2-7H3,(H,49,50). The summed E-state index contributed by atoms with van der Waals surface area (Å²) in [6, 6.07) is 7.58. The number of carboxylic acid groups (broad SMARTS) is 1. The Kier molecular flexibility index (Phi) is 9.10. The third-order valence-electron chi connectivity index (χ3n) is 16.9. The van der Waals surface area contributed by atoms with Crippen LogP contribution in [-0.2, 0) is 0 Å². The van der Waals surface area contributed by atoms with E-state index >= 15 is 0 Å². The highest BCUT2D eigenvalue weighted by molar-refractivity contribution is 5.88. The topological polar surface area (TPSA) is 52.6 Å². The third kappa shape index (κ3) is 5.58. The Bertz CT molecular complexity index is 1510. The second-order valence-electron chi connectivity index (χ2n) is 19.3. The van der Waals surface area contributed by atoms with Crippen LogP contribution in [0.25, 0.3) is 5.57 Å². The molecule has 1 saturated heterocycles. The number of benzene rings is 1. The summed E-state index contributed by atoms with van der Waals surface area (Å²) in [5, 5.41) is 13.4. The summed E-state index contributed by atoms with van der Waals surface area (Å²) in [5.74, 6) is -0.152. The number of carbonyl (C=O) groups is 1. The molecule has 9 unspecified atom stereocenters. The van der Waals surface area contributed by atoms with E-state index in [1.165, 1.54) is 68.1 Å². The molecule has 7 rings (SSSR count). The van der Waals surface area contributed by atoms with Crippen molar-refractivity contribution in [2.24, 2.45) is 56.7 Å². The van der Waals surface area contributed by atoms with Gasteiger partial charge in [-0.25, -0.2) is 13.6 Å². The summed E-state index contributed by atoms with van der Waals surface area (Å²) < 4.78 is 27.5. The summed E-state index contributed by atoms with van der Waals surface area (Å²) >= 11 is 0. The molecule has 2 N–H and O–H groups in total. The van der Waals surface area contributed by atoms with E-state index in [9.17, 15) is 18.7 Å². The molecule has 50 heavy (non-hydrogen) atoms. The Hall–Kier alpha value is -2.05. The first kappa shape index (κ1) is 36.3. The molecule has 1 aromatic carbocycles. The van der Waals surface area contributed by atoms with Crippen molar-refractivity contribution < 1.29 is 18.7 Å². The van der Waals surface area contributed by atoms with Crippen molar-refractivity contribution in [1.29, 1.82) is 0 Å². The quantitative estimate of drug-likeness (QED) is 0.211. The van der Waals surface area contributed by atoms with Gasteiger partial charge < -0.3 is 15.3 Å². The van der Waals surface area contributed by atoms with Gasteiger partial charge in [-0.05, 0) is 145 Å². The van der Waals surface area contributed by atoms with E-state index in [1.807, 2.05) is 12.1 Å². The summed E-state index contributed by atoms with van der Waals surface area (Å²) in [4.78, 5) is 13.8. The number of hydrogen-bond acceptors (Lipinski definition) is 3. The van der Waals surface area contributed by atoms with E-state index < -0.39 is 11.9 Å². The number of nitrogens with zero attached hydrogens (tertiary/aromatic N) is 1. The molecule has 4 nitrogen and oxygen atoms in total. The summed E-state index contributed by atoms with van der Waals surface area (Å²) in [5.41, 5.74) is 5.40. The van der Waals surface area contributed by atoms with Crippen molar-refractivity contribution in [3.05, 3.63) is 53.6 Å². The van der Waals surface area contributed by atoms with Gasteiger partial charge in [-0.1, -0.05) is 65.0 Å². The van der Waals surface area contributed by atoms with E-state index in [2.05, 4.69) is 64.4 Å². The van der Waals surface area contributed by atoms with Gasteiger partial charge in [0.05, 0.1) is 5.56 Å². The van der Waals surface area contributed by atoms with Gasteiger partial charge >= 0.3 is 5.97 Å². The predicted octanol–water partition coefficient (Wildman–Crippen LogP) is 10.4. The Morgan fingerprint density at radius 2 is 1.60 bits per heavy atom. The number of allylic oxidation sites excluding steroid dienone is 3. The van der Waals surface area contributed by atoms with E-state index in [1.54, 1.807) is 12.1 Å². The first-order valence-electron chi connectivity index (χ1n) is 20.0. The van der Waals surface area contributed by atoms with Gasteiger partial charge in [0.2, 0.25) is 0 Å². The maximum absolute atomic E-state index is 13.7. The number of piperidine rings is 1. The van der Waals surface area contributed by atoms with Gasteiger partial charge in [-0.15, -0.1) is 0 Å². The number of rotatable bonds is 8. The Balaban J connectivity index is 1.12. The molecular weight excluding hydrogens is 626 g/mol. The molecule has 1 aromatic rings. The normalized spacial score (nSPS) is 42.0. The molecular formula is C44H64F2N2O2. The fourth-order valence-corrected chi connectivity index (χ4v) is 14.2. The van der Waals surface area contributed by atoms with Crippen molar-refractivity contribution in [2.45, 2.75) is 118 Å². The minimum atomic E-state index is -2.48. The average Bonchev–Trinajstić information content (AvgIpc) is 3.44. The number of carboxylic acids is 1. The van der Waals surface area contributed by atoms with Crippen LogP contribution < -0.4 is 5.32 Å². The van der Waals surface area contributed by atoms with Gasteiger partial charge in [0.25, 0.3) is 5.92 Å². The van der Waals surface area contributed by atoms with Crippen LogP contribution in [0, 0.1) is 56.7 Å². The molecule has 5 fully saturated rings. The lowest BCUT2D eigenvalue weighted by Crippen LogP contribution is -2.65. The van der Waals surface area contributed by atoms with E-state index in [0.717, 1.165) is 26.1 Å². The Labute approximate surface area is 300 Å². The highest BCUT2D eigenvalue weighted by Crippen LogP contribution is 2.77. The fourth-order valence-electron chi connectivity index (χ4n) is 14.2. The van der Waals surface area contributed by atoms with Gasteiger partial charge in [0.15, 0.2) is 0 Å². The molecule has 1 aliphatic heterocycles. The number of alkyl halides is 2. The first-order valence-corrected chi connectivity index (χ1v) is 20.0. The van der Waals surface area contributed by atoms with Crippen LogP contribution in [0.5, 0.6) is 0 Å². The van der Waals surface area contributed by atoms with E-state index in [0.29, 0.717) is 53.7 Å². The molecule has 0 aromatic heterocycles. The molecule has 1 heterocycles. The molecule has 0 spiro atoms. The lowest BCUT2D eigenvalue weighted by molar-refractivity contribution is -0.225. The summed E-state index contributed by atoms with van der Waals surface area (Å²) in [6.07, 6.45) is 13.9. The van der Waals surface area contributed by atoms with Crippen molar-refractivity contribution in [3.8, 4) is 0 Å². The predicted molar refractivity (Wildman–Crippen MR) is 199 cm³/mol. The SMILES string of the molecule is C=C(C)C1CCC2(CNCCN3CCC(F)(F)CC3)CCC3(C)C(CCC4C5(C)CC=C(c6ccc(C(=O)O)cc6)C(C)(C)C5CCC43C)C12. The second kappa shape index (κ2) is 12.5. The maximum Gasteiger partial charge on any atom is 0.335 e. The molecule has 6 heteroatoms. The maximum atomic E-state index is 13.7. The van der Waals surface area contributed by atoms with Crippen LogP contribution >= 0.6 is 0 Å². The van der Waals surface area contributed by atoms with Crippen LogP contribution in [-0.4, -0.2) is 54.6 Å². The molecule has 4 saturated carbocycles. The van der Waals surface area contributed by atoms with E-state index in [4.69, 9.17) is 0 Å². The second-order valence-corrected chi connectivity index (χ2v) is 19.3. The zero-order chi connectivity index (χ0) is 35.9. The Morgan fingerprint density at radius 1 is 0.900 bits per heavy atom. The lowest BCUT2D eigenvalue weighted by atomic mass is 9.32. The minimum absolute atomic E-state index is 0.00352. The minimum Gasteiger partial charge on any atom is -0.478 e. The molecule has 0 amide bonds. The smallest absolute Gasteiger partial charge is 0.335 e. The van der Waals surface area contributed by atoms with Crippen LogP contribution in [0.1, 0.15) is 128 Å². The average molecular weight is 691 g/mol. The highest BCUT2D eigenvalue weighted by Gasteiger charge is 2.70. The molecule has 0 bridgehead atoms. The molecule has 0 radical (unpaired) electrons. The van der Waals surface area contributed by atoms with Crippen LogP contribution in [0.3, 0.4) is 0 Å². The van der Waals surface area contributed by atoms with Crippen LogP contribution in [0.4, 0.5) is 8.78 Å². The highest BCUT2D eigenvalue weighted by atomic mass is 19.3. The van der Waals surface area contributed by atoms with Crippen molar-refractivity contribution >= 4 is 11.5 Å². The number of nitrogens with one attached hydrogen (secondary N) is 1. The number of halogens is 2. The molecule has 6 aliphatic rings. The molecule has 5 aliphatic carbocycles. The third-order valence-corrected chi connectivity index (χ3v) is 16.9. The van der Waals surface area contributed by atoms with Gasteiger partial charge in [0, 0.05) is 45.6 Å². The summed E-state index contributed by atoms with van der Waals surface area (Å²) in [7, 11) is 0. The fraction of sp³-hybridized carbons (Fsp3) is 0.750. The van der Waals surface area contributed by atoms with Crippen molar-refractivity contribution in [1.82, 2.24) is 10.2 Å². The zero-order valence-electron chi connectivity index (χ0n) is 31.9. The summed E-state index contributed by atoms with van der Waals surface area (Å²) in [6.45, 7) is 23.7. The zero-order valence-corrected chi connectivity index (χ0v) is 31.9. The van der Waals surface area contributed by atoms with Crippen molar-refractivity contribution in [2.75, 3.05) is 32.7 Å². The van der Waals surface area contributed by atoms with Crippen LogP contribution in [0.2, 0.25) is 0 Å². The number of aromatic carboxylic acids is 1. The van der Waals surface area contributed by atoms with Crippen molar-refractivity contribution in [3.63, 3.8) is 0 Å². The number of fused-ring (bicyclic) bond motifs is 7. The Morgan fingerprint density at radius 3 is 2.26 bits per heavy atom. The largest absolute Gasteiger partial charge is 0.478 e. The van der Waals surface area contributed by atoms with Crippen LogP contribution in [0.15, 0.2) is 42.5 Å². The lowest BCUT2D eigenvalue weighted by Gasteiger charge is -2.72. The number of likely N-dealkylation sites (tertiary alicyclic amines) is 1. The first-order chi connectivity index (χ1) is 23.5. The monoisotopic (exact) mass is 690 g/mol.